The zero-order chi connectivity index (χ0) is 17.9. The highest BCUT2D eigenvalue weighted by Crippen LogP contribution is 2.20. The van der Waals surface area contributed by atoms with Crippen LogP contribution in [0.5, 0.6) is 0 Å². The van der Waals surface area contributed by atoms with E-state index in [-0.39, 0.29) is 23.3 Å². The number of nitrogens with zero attached hydrogens (tertiary/aromatic N) is 2. The molecule has 8 heteroatoms. The van der Waals surface area contributed by atoms with Gasteiger partial charge in [0.2, 0.25) is 10.0 Å². The Morgan fingerprint density at radius 1 is 1.25 bits per heavy atom. The molecule has 0 unspecified atom stereocenters. The molecule has 2 rings (SSSR count). The van der Waals surface area contributed by atoms with Gasteiger partial charge < -0.3 is 10.0 Å². The number of hydrogen-bond acceptors (Lipinski definition) is 4. The third kappa shape index (κ3) is 3.93. The van der Waals surface area contributed by atoms with E-state index in [0.717, 1.165) is 0 Å². The van der Waals surface area contributed by atoms with Crippen molar-refractivity contribution < 1.29 is 23.1 Å². The van der Waals surface area contributed by atoms with Crippen molar-refractivity contribution in [3.05, 3.63) is 35.4 Å². The van der Waals surface area contributed by atoms with Gasteiger partial charge in [-0.3, -0.25) is 4.79 Å². The van der Waals surface area contributed by atoms with Crippen molar-refractivity contribution in [2.24, 2.45) is 0 Å². The number of aromatic carboxylic acids is 1. The predicted octanol–water partition coefficient (Wildman–Crippen LogP) is 1.27. The predicted molar refractivity (Wildman–Crippen MR) is 89.6 cm³/mol. The molecule has 1 fully saturated rings. The van der Waals surface area contributed by atoms with Gasteiger partial charge in [-0.25, -0.2) is 17.5 Å². The lowest BCUT2D eigenvalue weighted by Gasteiger charge is -2.36. The summed E-state index contributed by atoms with van der Waals surface area (Å²) >= 11 is 0. The van der Waals surface area contributed by atoms with Gasteiger partial charge in [0.25, 0.3) is 5.91 Å². The van der Waals surface area contributed by atoms with Gasteiger partial charge in [0.05, 0.1) is 11.3 Å². The number of hydrogen-bond donors (Lipinski definition) is 1. The Hall–Kier alpha value is -1.93. The highest BCUT2D eigenvalue weighted by Gasteiger charge is 2.30. The fraction of sp³-hybridized carbons (Fsp3) is 0.500. The first-order chi connectivity index (χ1) is 11.3. The van der Waals surface area contributed by atoms with Crippen LogP contribution in [0.25, 0.3) is 0 Å². The van der Waals surface area contributed by atoms with Crippen LogP contribution in [0.15, 0.2) is 24.3 Å². The van der Waals surface area contributed by atoms with E-state index < -0.39 is 16.0 Å². The van der Waals surface area contributed by atoms with Gasteiger partial charge in [-0.2, -0.15) is 0 Å². The Labute approximate surface area is 141 Å². The van der Waals surface area contributed by atoms with E-state index in [4.69, 9.17) is 5.11 Å². The molecule has 0 bridgehead atoms. The van der Waals surface area contributed by atoms with E-state index in [2.05, 4.69) is 0 Å². The summed E-state index contributed by atoms with van der Waals surface area (Å²) in [6.45, 7) is 2.51. The molecule has 1 amide bonds. The molecule has 0 atom stereocenters. The number of likely N-dealkylation sites (tertiary alicyclic amines) is 1. The van der Waals surface area contributed by atoms with Gasteiger partial charge in [0.15, 0.2) is 0 Å². The lowest BCUT2D eigenvalue weighted by Crippen LogP contribution is -2.47. The summed E-state index contributed by atoms with van der Waals surface area (Å²) < 4.78 is 25.3. The summed E-state index contributed by atoms with van der Waals surface area (Å²) in [5.74, 6) is -1.24. The van der Waals surface area contributed by atoms with Crippen molar-refractivity contribution in [1.82, 2.24) is 9.21 Å². The maximum absolute atomic E-state index is 12.5. The maximum atomic E-state index is 12.5. The molecule has 1 aromatic rings. The number of rotatable bonds is 5. The van der Waals surface area contributed by atoms with Crippen LogP contribution in [-0.4, -0.2) is 66.5 Å². The highest BCUT2D eigenvalue weighted by atomic mass is 32.2. The molecule has 0 saturated carbocycles. The molecular formula is C16H22N2O5S. The van der Waals surface area contributed by atoms with Crippen molar-refractivity contribution in [3.8, 4) is 0 Å². The number of carbonyl (C=O) groups is 2. The van der Waals surface area contributed by atoms with Crippen LogP contribution in [0.4, 0.5) is 0 Å². The Bertz CT molecular complexity index is 724. The maximum Gasteiger partial charge on any atom is 0.335 e. The molecule has 132 valence electrons. The van der Waals surface area contributed by atoms with Gasteiger partial charge in [-0.15, -0.1) is 0 Å². The quantitative estimate of drug-likeness (QED) is 0.859. The topological polar surface area (TPSA) is 95.0 Å². The molecule has 1 aliphatic heterocycles. The lowest BCUT2D eigenvalue weighted by atomic mass is 10.0. The summed E-state index contributed by atoms with van der Waals surface area (Å²) in [5.41, 5.74) is 0.410. The van der Waals surface area contributed by atoms with Crippen LogP contribution in [0.1, 0.15) is 40.5 Å². The minimum Gasteiger partial charge on any atom is -0.478 e. The number of piperidine rings is 1. The smallest absolute Gasteiger partial charge is 0.335 e. The van der Waals surface area contributed by atoms with E-state index in [0.29, 0.717) is 31.5 Å². The van der Waals surface area contributed by atoms with E-state index in [1.807, 2.05) is 0 Å². The molecule has 1 aliphatic rings. The highest BCUT2D eigenvalue weighted by molar-refractivity contribution is 7.89. The van der Waals surface area contributed by atoms with Crippen molar-refractivity contribution in [2.45, 2.75) is 25.8 Å². The van der Waals surface area contributed by atoms with Crippen LogP contribution in [0.3, 0.4) is 0 Å². The average molecular weight is 354 g/mol. The van der Waals surface area contributed by atoms with Crippen molar-refractivity contribution in [1.29, 1.82) is 0 Å². The second kappa shape index (κ2) is 7.31. The zero-order valence-corrected chi connectivity index (χ0v) is 14.6. The summed E-state index contributed by atoms with van der Waals surface area (Å²) in [4.78, 5) is 25.2. The number of sulfonamides is 1. The van der Waals surface area contributed by atoms with E-state index in [1.165, 1.54) is 16.4 Å². The molecule has 1 N–H and O–H groups in total. The molecule has 1 saturated heterocycles. The Kier molecular flexibility index (Phi) is 5.61. The largest absolute Gasteiger partial charge is 0.478 e. The molecule has 1 aromatic carbocycles. The second-order valence-electron chi connectivity index (χ2n) is 5.83. The first-order valence-electron chi connectivity index (χ1n) is 7.84. The van der Waals surface area contributed by atoms with Gasteiger partial charge in [0, 0.05) is 31.7 Å². The standard InChI is InChI=1S/C16H22N2O5S/c1-3-24(22,23)17(2)14-7-9-18(10-8-14)15(19)12-5-4-6-13(11-12)16(20)21/h4-6,11,14H,3,7-10H2,1-2H3,(H,20,21). The van der Waals surface area contributed by atoms with Crippen LogP contribution >= 0.6 is 0 Å². The third-order valence-electron chi connectivity index (χ3n) is 4.43. The fourth-order valence-electron chi connectivity index (χ4n) is 2.83. The normalized spacial score (nSPS) is 16.4. The molecule has 1 heterocycles. The monoisotopic (exact) mass is 354 g/mol. The molecular weight excluding hydrogens is 332 g/mol. The first-order valence-corrected chi connectivity index (χ1v) is 9.45. The summed E-state index contributed by atoms with van der Waals surface area (Å²) in [5, 5.41) is 9.01. The Morgan fingerprint density at radius 2 is 1.83 bits per heavy atom. The molecule has 0 spiro atoms. The Morgan fingerprint density at radius 3 is 2.38 bits per heavy atom. The van der Waals surface area contributed by atoms with Gasteiger partial charge in [-0.1, -0.05) is 6.07 Å². The zero-order valence-electron chi connectivity index (χ0n) is 13.8. The summed E-state index contributed by atoms with van der Waals surface area (Å²) in [6, 6.07) is 5.84. The molecule has 0 aliphatic carbocycles. The molecule has 24 heavy (non-hydrogen) atoms. The van der Waals surface area contributed by atoms with Crippen molar-refractivity contribution in [2.75, 3.05) is 25.9 Å². The Balaban J connectivity index is 2.03. The number of carboxylic acid groups (broad SMARTS) is 1. The minimum atomic E-state index is -3.24. The SMILES string of the molecule is CCS(=O)(=O)N(C)C1CCN(C(=O)c2cccc(C(=O)O)c2)CC1. The van der Waals surface area contributed by atoms with Gasteiger partial charge in [0.1, 0.15) is 0 Å². The van der Waals surface area contributed by atoms with Gasteiger partial charge >= 0.3 is 5.97 Å². The van der Waals surface area contributed by atoms with E-state index >= 15 is 0 Å². The van der Waals surface area contributed by atoms with Crippen LogP contribution < -0.4 is 0 Å². The number of amides is 1. The second-order valence-corrected chi connectivity index (χ2v) is 8.14. The number of carbonyl (C=O) groups excluding carboxylic acids is 1. The lowest BCUT2D eigenvalue weighted by molar-refractivity contribution is 0.0686. The first kappa shape index (κ1) is 18.4. The van der Waals surface area contributed by atoms with Crippen molar-refractivity contribution in [3.63, 3.8) is 0 Å². The molecule has 0 aromatic heterocycles. The summed E-state index contributed by atoms with van der Waals surface area (Å²) in [6.07, 6.45) is 1.14. The van der Waals surface area contributed by atoms with Crippen molar-refractivity contribution >= 4 is 21.9 Å². The molecule has 0 radical (unpaired) electrons. The average Bonchev–Trinajstić information content (AvgIpc) is 2.60. The molecule has 7 nitrogen and oxygen atoms in total. The van der Waals surface area contributed by atoms with Crippen LogP contribution in [-0.2, 0) is 10.0 Å². The summed E-state index contributed by atoms with van der Waals surface area (Å²) in [7, 11) is -1.66. The van der Waals surface area contributed by atoms with E-state index in [9.17, 15) is 18.0 Å². The number of carboxylic acids is 1. The van der Waals surface area contributed by atoms with Gasteiger partial charge in [-0.05, 0) is 38.0 Å². The number of benzene rings is 1. The minimum absolute atomic E-state index is 0.0601. The van der Waals surface area contributed by atoms with Crippen LogP contribution in [0.2, 0.25) is 0 Å². The van der Waals surface area contributed by atoms with Crippen LogP contribution in [0, 0.1) is 0 Å². The fourth-order valence-corrected chi connectivity index (χ4v) is 3.90. The third-order valence-corrected chi connectivity index (χ3v) is 6.33. The van der Waals surface area contributed by atoms with E-state index in [1.54, 1.807) is 31.0 Å².